The van der Waals surface area contributed by atoms with Crippen LogP contribution in [0.15, 0.2) is 12.4 Å². The van der Waals surface area contributed by atoms with Crippen molar-refractivity contribution in [3.63, 3.8) is 0 Å². The molecule has 1 heterocycles. The molecule has 0 aliphatic carbocycles. The van der Waals surface area contributed by atoms with Crippen molar-refractivity contribution in [1.29, 1.82) is 0 Å². The van der Waals surface area contributed by atoms with Gasteiger partial charge in [-0.15, -0.1) is 0 Å². The van der Waals surface area contributed by atoms with Gasteiger partial charge < -0.3 is 10.6 Å². The number of anilines is 1. The fraction of sp³-hybridized carbons (Fsp3) is 0.583. The number of carbonyl (C=O) groups excluding carboxylic acids is 1. The minimum Gasteiger partial charge on any atom is -0.369 e. The molecule has 0 saturated heterocycles. The maximum atomic E-state index is 11.8. The molecule has 0 aliphatic heterocycles. The van der Waals surface area contributed by atoms with Crippen molar-refractivity contribution in [2.24, 2.45) is 0 Å². The second-order valence-corrected chi connectivity index (χ2v) is 4.92. The Morgan fingerprint density at radius 1 is 1.35 bits per heavy atom. The van der Waals surface area contributed by atoms with E-state index in [4.69, 9.17) is 0 Å². The van der Waals surface area contributed by atoms with Crippen molar-refractivity contribution in [1.82, 2.24) is 15.3 Å². The summed E-state index contributed by atoms with van der Waals surface area (Å²) >= 11 is 0. The third kappa shape index (κ3) is 4.80. The lowest BCUT2D eigenvalue weighted by molar-refractivity contribution is 0.0914. The van der Waals surface area contributed by atoms with E-state index < -0.39 is 0 Å². The molecule has 94 valence electrons. The molecule has 2 N–H and O–H groups in total. The molecule has 0 spiro atoms. The standard InChI is InChI=1S/C12H20N4O/c1-5-6-14-10-8-13-7-9(15-10)11(17)16-12(2,3)4/h7-8H,5-6H2,1-4H3,(H,14,15)(H,16,17). The van der Waals surface area contributed by atoms with Crippen LogP contribution in [-0.2, 0) is 0 Å². The number of nitrogens with one attached hydrogen (secondary N) is 2. The molecular formula is C12H20N4O. The van der Waals surface area contributed by atoms with Crippen LogP contribution in [0.25, 0.3) is 0 Å². The van der Waals surface area contributed by atoms with Gasteiger partial charge in [-0.05, 0) is 27.2 Å². The van der Waals surface area contributed by atoms with Crippen LogP contribution in [0, 0.1) is 0 Å². The number of carbonyl (C=O) groups is 1. The highest BCUT2D eigenvalue weighted by atomic mass is 16.2. The van der Waals surface area contributed by atoms with Gasteiger partial charge in [-0.1, -0.05) is 6.92 Å². The van der Waals surface area contributed by atoms with Gasteiger partial charge in [0.2, 0.25) is 0 Å². The van der Waals surface area contributed by atoms with Crippen LogP contribution in [0.4, 0.5) is 5.82 Å². The van der Waals surface area contributed by atoms with Crippen molar-refractivity contribution in [2.45, 2.75) is 39.7 Å². The molecule has 0 bridgehead atoms. The van der Waals surface area contributed by atoms with Gasteiger partial charge in [0.05, 0.1) is 12.4 Å². The van der Waals surface area contributed by atoms with E-state index in [9.17, 15) is 4.79 Å². The highest BCUT2D eigenvalue weighted by Gasteiger charge is 2.16. The van der Waals surface area contributed by atoms with Gasteiger partial charge in [0.25, 0.3) is 5.91 Å². The van der Waals surface area contributed by atoms with Crippen molar-refractivity contribution in [2.75, 3.05) is 11.9 Å². The average molecular weight is 236 g/mol. The quantitative estimate of drug-likeness (QED) is 0.837. The van der Waals surface area contributed by atoms with Gasteiger partial charge in [0.15, 0.2) is 0 Å². The van der Waals surface area contributed by atoms with E-state index in [2.05, 4.69) is 27.5 Å². The highest BCUT2D eigenvalue weighted by molar-refractivity contribution is 5.92. The smallest absolute Gasteiger partial charge is 0.271 e. The third-order valence-electron chi connectivity index (χ3n) is 1.91. The SMILES string of the molecule is CCCNc1cncc(C(=O)NC(C)(C)C)n1. The van der Waals surface area contributed by atoms with E-state index in [1.54, 1.807) is 6.20 Å². The Labute approximate surface area is 102 Å². The summed E-state index contributed by atoms with van der Waals surface area (Å²) in [5, 5.41) is 5.95. The molecule has 0 saturated carbocycles. The molecule has 0 radical (unpaired) electrons. The van der Waals surface area contributed by atoms with Gasteiger partial charge in [-0.25, -0.2) is 4.98 Å². The number of hydrogen-bond acceptors (Lipinski definition) is 4. The molecule has 0 atom stereocenters. The normalized spacial score (nSPS) is 11.1. The van der Waals surface area contributed by atoms with Crippen molar-refractivity contribution in [3.8, 4) is 0 Å². The maximum Gasteiger partial charge on any atom is 0.271 e. The minimum atomic E-state index is -0.272. The van der Waals surface area contributed by atoms with Crippen molar-refractivity contribution >= 4 is 11.7 Å². The molecular weight excluding hydrogens is 216 g/mol. The van der Waals surface area contributed by atoms with E-state index in [-0.39, 0.29) is 11.4 Å². The first kappa shape index (κ1) is 13.4. The molecule has 5 nitrogen and oxygen atoms in total. The zero-order valence-electron chi connectivity index (χ0n) is 10.9. The largest absolute Gasteiger partial charge is 0.369 e. The van der Waals surface area contributed by atoms with Gasteiger partial charge in [-0.3, -0.25) is 9.78 Å². The first-order valence-electron chi connectivity index (χ1n) is 5.81. The first-order valence-corrected chi connectivity index (χ1v) is 5.81. The van der Waals surface area contributed by atoms with Gasteiger partial charge in [0, 0.05) is 12.1 Å². The number of hydrogen-bond donors (Lipinski definition) is 2. The summed E-state index contributed by atoms with van der Waals surface area (Å²) in [6.07, 6.45) is 4.09. The molecule has 1 aromatic heterocycles. The number of rotatable bonds is 4. The molecule has 0 unspecified atom stereocenters. The Hall–Kier alpha value is -1.65. The Balaban J connectivity index is 2.74. The lowest BCUT2D eigenvalue weighted by atomic mass is 10.1. The van der Waals surface area contributed by atoms with Crippen LogP contribution >= 0.6 is 0 Å². The lowest BCUT2D eigenvalue weighted by Gasteiger charge is -2.20. The summed E-state index contributed by atoms with van der Waals surface area (Å²) < 4.78 is 0. The van der Waals surface area contributed by atoms with Crippen LogP contribution in [0.3, 0.4) is 0 Å². The minimum absolute atomic E-state index is 0.204. The molecule has 0 aromatic carbocycles. The second-order valence-electron chi connectivity index (χ2n) is 4.92. The zero-order valence-corrected chi connectivity index (χ0v) is 10.9. The van der Waals surface area contributed by atoms with Gasteiger partial charge >= 0.3 is 0 Å². The van der Waals surface area contributed by atoms with Crippen molar-refractivity contribution < 1.29 is 4.79 Å². The van der Waals surface area contributed by atoms with Crippen LogP contribution in [-0.4, -0.2) is 28.0 Å². The average Bonchev–Trinajstić information content (AvgIpc) is 2.24. The summed E-state index contributed by atoms with van der Waals surface area (Å²) in [6.45, 7) is 8.67. The summed E-state index contributed by atoms with van der Waals surface area (Å²) in [5.41, 5.74) is 0.0621. The first-order chi connectivity index (χ1) is 7.92. The maximum absolute atomic E-state index is 11.8. The molecule has 1 rings (SSSR count). The molecule has 5 heteroatoms. The highest BCUT2D eigenvalue weighted by Crippen LogP contribution is 2.05. The fourth-order valence-corrected chi connectivity index (χ4v) is 1.22. The van der Waals surface area contributed by atoms with Crippen LogP contribution in [0.2, 0.25) is 0 Å². The molecule has 0 aliphatic rings. The molecule has 1 amide bonds. The Bertz CT molecular complexity index is 384. The monoisotopic (exact) mass is 236 g/mol. The van der Waals surface area contributed by atoms with E-state index in [0.29, 0.717) is 11.5 Å². The number of amides is 1. The lowest BCUT2D eigenvalue weighted by Crippen LogP contribution is -2.41. The van der Waals surface area contributed by atoms with Crippen LogP contribution in [0.5, 0.6) is 0 Å². The predicted octanol–water partition coefficient (Wildman–Crippen LogP) is 1.83. The van der Waals surface area contributed by atoms with E-state index in [1.165, 1.54) is 6.20 Å². The van der Waals surface area contributed by atoms with Gasteiger partial charge in [0.1, 0.15) is 11.5 Å². The van der Waals surface area contributed by atoms with Crippen LogP contribution < -0.4 is 10.6 Å². The topological polar surface area (TPSA) is 66.9 Å². The van der Waals surface area contributed by atoms with Gasteiger partial charge in [-0.2, -0.15) is 0 Å². The molecule has 0 fully saturated rings. The Kier molecular flexibility index (Phi) is 4.43. The summed E-state index contributed by atoms with van der Waals surface area (Å²) in [6, 6.07) is 0. The van der Waals surface area contributed by atoms with E-state index in [0.717, 1.165) is 13.0 Å². The zero-order chi connectivity index (χ0) is 12.9. The predicted molar refractivity (Wildman–Crippen MR) is 68.0 cm³/mol. The van der Waals surface area contributed by atoms with E-state index in [1.807, 2.05) is 20.8 Å². The molecule has 17 heavy (non-hydrogen) atoms. The number of nitrogens with zero attached hydrogens (tertiary/aromatic N) is 2. The number of aromatic nitrogens is 2. The Morgan fingerprint density at radius 2 is 2.06 bits per heavy atom. The van der Waals surface area contributed by atoms with Crippen LogP contribution in [0.1, 0.15) is 44.6 Å². The van der Waals surface area contributed by atoms with E-state index >= 15 is 0 Å². The third-order valence-corrected chi connectivity index (χ3v) is 1.91. The summed E-state index contributed by atoms with van der Waals surface area (Å²) in [5.74, 6) is 0.429. The Morgan fingerprint density at radius 3 is 2.65 bits per heavy atom. The fourth-order valence-electron chi connectivity index (χ4n) is 1.22. The molecule has 1 aromatic rings. The summed E-state index contributed by atoms with van der Waals surface area (Å²) in [7, 11) is 0. The van der Waals surface area contributed by atoms with Crippen molar-refractivity contribution in [3.05, 3.63) is 18.1 Å². The summed E-state index contributed by atoms with van der Waals surface area (Å²) in [4.78, 5) is 20.1. The second kappa shape index (κ2) is 5.61.